The molecule has 0 radical (unpaired) electrons. The molecule has 0 spiro atoms. The molecular formula is C12H9BrFN3. The van der Waals surface area contributed by atoms with Crippen LogP contribution >= 0.6 is 15.9 Å². The van der Waals surface area contributed by atoms with Crippen molar-refractivity contribution in [1.29, 1.82) is 0 Å². The van der Waals surface area contributed by atoms with Gasteiger partial charge in [-0.15, -0.1) is 6.42 Å². The van der Waals surface area contributed by atoms with Crippen molar-refractivity contribution in [3.05, 3.63) is 34.8 Å². The van der Waals surface area contributed by atoms with Crippen LogP contribution in [0.25, 0.3) is 11.3 Å². The van der Waals surface area contributed by atoms with Crippen LogP contribution in [-0.2, 0) is 6.54 Å². The first-order valence-corrected chi connectivity index (χ1v) is 5.62. The molecule has 0 unspecified atom stereocenters. The molecule has 0 bridgehead atoms. The molecule has 0 aliphatic heterocycles. The predicted molar refractivity (Wildman–Crippen MR) is 68.6 cm³/mol. The fourth-order valence-electron chi connectivity index (χ4n) is 1.50. The Hall–Kier alpha value is -1.80. The molecule has 0 fully saturated rings. The zero-order valence-electron chi connectivity index (χ0n) is 8.82. The van der Waals surface area contributed by atoms with Gasteiger partial charge in [0.05, 0.1) is 12.9 Å². The van der Waals surface area contributed by atoms with Crippen molar-refractivity contribution in [2.45, 2.75) is 6.54 Å². The Labute approximate surface area is 107 Å². The summed E-state index contributed by atoms with van der Waals surface area (Å²) in [5, 5.41) is 0. The van der Waals surface area contributed by atoms with Crippen LogP contribution in [0.3, 0.4) is 0 Å². The molecular weight excluding hydrogens is 285 g/mol. The summed E-state index contributed by atoms with van der Waals surface area (Å²) in [4.78, 5) is 4.09. The van der Waals surface area contributed by atoms with E-state index in [1.165, 1.54) is 12.4 Å². The summed E-state index contributed by atoms with van der Waals surface area (Å²) >= 11 is 3.28. The molecule has 2 N–H and O–H groups in total. The zero-order chi connectivity index (χ0) is 12.4. The summed E-state index contributed by atoms with van der Waals surface area (Å²) in [5.74, 6) is 2.45. The Kier molecular flexibility index (Phi) is 3.16. The van der Waals surface area contributed by atoms with E-state index in [1.807, 2.05) is 0 Å². The second-order valence-electron chi connectivity index (χ2n) is 3.43. The van der Waals surface area contributed by atoms with Crippen LogP contribution in [0.2, 0.25) is 0 Å². The van der Waals surface area contributed by atoms with Crippen LogP contribution in [0, 0.1) is 18.2 Å². The summed E-state index contributed by atoms with van der Waals surface area (Å²) in [6.07, 6.45) is 6.70. The average Bonchev–Trinajstić information content (AvgIpc) is 2.65. The first kappa shape index (κ1) is 11.7. The minimum atomic E-state index is -0.370. The van der Waals surface area contributed by atoms with Crippen molar-refractivity contribution < 1.29 is 4.39 Å². The third kappa shape index (κ3) is 2.17. The topological polar surface area (TPSA) is 43.8 Å². The van der Waals surface area contributed by atoms with Gasteiger partial charge < -0.3 is 10.3 Å². The molecule has 86 valence electrons. The van der Waals surface area contributed by atoms with Crippen LogP contribution in [0.1, 0.15) is 0 Å². The molecule has 0 saturated carbocycles. The Morgan fingerprint density at radius 2 is 2.29 bits per heavy atom. The fraction of sp³-hybridized carbons (Fsp3) is 0.0833. The molecule has 1 aromatic heterocycles. The van der Waals surface area contributed by atoms with E-state index in [0.717, 1.165) is 4.47 Å². The van der Waals surface area contributed by atoms with Crippen molar-refractivity contribution in [3.63, 3.8) is 0 Å². The van der Waals surface area contributed by atoms with Crippen molar-refractivity contribution in [1.82, 2.24) is 9.55 Å². The second kappa shape index (κ2) is 4.60. The van der Waals surface area contributed by atoms with Gasteiger partial charge in [-0.25, -0.2) is 9.37 Å². The second-order valence-corrected chi connectivity index (χ2v) is 4.35. The normalized spacial score (nSPS) is 10.2. The van der Waals surface area contributed by atoms with Gasteiger partial charge in [-0.1, -0.05) is 21.9 Å². The Morgan fingerprint density at radius 3 is 3.00 bits per heavy atom. The lowest BCUT2D eigenvalue weighted by atomic mass is 10.1. The molecule has 3 nitrogen and oxygen atoms in total. The maximum absolute atomic E-state index is 13.7. The van der Waals surface area contributed by atoms with Crippen molar-refractivity contribution in [2.75, 3.05) is 5.73 Å². The van der Waals surface area contributed by atoms with E-state index in [9.17, 15) is 4.39 Å². The molecule has 1 aromatic carbocycles. The van der Waals surface area contributed by atoms with Gasteiger partial charge in [0, 0.05) is 10.0 Å². The molecule has 2 aromatic rings. The third-order valence-corrected chi connectivity index (χ3v) is 2.82. The molecule has 5 heteroatoms. The lowest BCUT2D eigenvalue weighted by Crippen LogP contribution is -2.01. The highest BCUT2D eigenvalue weighted by molar-refractivity contribution is 9.10. The first-order valence-electron chi connectivity index (χ1n) is 4.83. The third-order valence-electron chi connectivity index (χ3n) is 2.32. The van der Waals surface area contributed by atoms with Crippen LogP contribution in [0.4, 0.5) is 10.2 Å². The minimum absolute atomic E-state index is 0.314. The largest absolute Gasteiger partial charge is 0.383 e. The van der Waals surface area contributed by atoms with E-state index >= 15 is 0 Å². The minimum Gasteiger partial charge on any atom is -0.383 e. The van der Waals surface area contributed by atoms with Gasteiger partial charge in [-0.2, -0.15) is 0 Å². The van der Waals surface area contributed by atoms with E-state index in [1.54, 1.807) is 16.7 Å². The summed E-state index contributed by atoms with van der Waals surface area (Å²) in [6.45, 7) is 0.314. The summed E-state index contributed by atoms with van der Waals surface area (Å²) < 4.78 is 16.0. The number of hydrogen-bond acceptors (Lipinski definition) is 2. The average molecular weight is 294 g/mol. The monoisotopic (exact) mass is 293 g/mol. The smallest absolute Gasteiger partial charge is 0.132 e. The van der Waals surface area contributed by atoms with Crippen molar-refractivity contribution >= 4 is 21.7 Å². The molecule has 0 aliphatic rings. The highest BCUT2D eigenvalue weighted by Crippen LogP contribution is 2.29. The van der Waals surface area contributed by atoms with Gasteiger partial charge >= 0.3 is 0 Å². The molecule has 0 amide bonds. The first-order chi connectivity index (χ1) is 8.13. The number of nitrogens with zero attached hydrogens (tertiary/aromatic N) is 2. The number of halogens is 2. The van der Waals surface area contributed by atoms with Crippen LogP contribution in [0.15, 0.2) is 29.0 Å². The number of rotatable bonds is 2. The van der Waals surface area contributed by atoms with Crippen LogP contribution in [0.5, 0.6) is 0 Å². The SMILES string of the molecule is C#CCn1cnc(-c2cc(Br)ccc2F)c1N. The molecule has 17 heavy (non-hydrogen) atoms. The van der Waals surface area contributed by atoms with Crippen molar-refractivity contribution in [3.8, 4) is 23.6 Å². The maximum Gasteiger partial charge on any atom is 0.132 e. The quantitative estimate of drug-likeness (QED) is 0.865. The molecule has 2 rings (SSSR count). The van der Waals surface area contributed by atoms with Gasteiger partial charge in [-0.05, 0) is 18.2 Å². The number of benzene rings is 1. The van der Waals surface area contributed by atoms with E-state index in [4.69, 9.17) is 12.2 Å². The number of hydrogen-bond donors (Lipinski definition) is 1. The molecule has 1 heterocycles. The van der Waals surface area contributed by atoms with Gasteiger partial charge in [0.25, 0.3) is 0 Å². The van der Waals surface area contributed by atoms with E-state index in [-0.39, 0.29) is 5.82 Å². The summed E-state index contributed by atoms with van der Waals surface area (Å²) in [6, 6.07) is 4.61. The number of imidazole rings is 1. The number of anilines is 1. The summed E-state index contributed by atoms with van der Waals surface area (Å²) in [7, 11) is 0. The zero-order valence-corrected chi connectivity index (χ0v) is 10.4. The predicted octanol–water partition coefficient (Wildman–Crippen LogP) is 2.67. The number of terminal acetylenes is 1. The fourth-order valence-corrected chi connectivity index (χ4v) is 1.86. The molecule has 0 atom stereocenters. The summed E-state index contributed by atoms with van der Waals surface area (Å²) in [5.41, 5.74) is 6.62. The Balaban J connectivity index is 2.54. The number of nitrogen functional groups attached to an aromatic ring is 1. The highest BCUT2D eigenvalue weighted by Gasteiger charge is 2.13. The van der Waals surface area contributed by atoms with E-state index in [2.05, 4.69) is 26.8 Å². The van der Waals surface area contributed by atoms with Gasteiger partial charge in [0.15, 0.2) is 0 Å². The van der Waals surface area contributed by atoms with Gasteiger partial charge in [0.2, 0.25) is 0 Å². The number of nitrogens with two attached hydrogens (primary N) is 1. The Bertz CT molecular complexity index is 598. The van der Waals surface area contributed by atoms with E-state index < -0.39 is 0 Å². The van der Waals surface area contributed by atoms with Crippen LogP contribution < -0.4 is 5.73 Å². The standard InChI is InChI=1S/C12H9BrFN3/c1-2-5-17-7-16-11(12(17)15)9-6-8(13)3-4-10(9)14/h1,3-4,6-7H,5,15H2. The van der Waals surface area contributed by atoms with E-state index in [0.29, 0.717) is 23.6 Å². The van der Waals surface area contributed by atoms with Crippen LogP contribution in [-0.4, -0.2) is 9.55 Å². The maximum atomic E-state index is 13.7. The molecule has 0 aliphatic carbocycles. The lowest BCUT2D eigenvalue weighted by molar-refractivity contribution is 0.630. The number of aromatic nitrogens is 2. The highest BCUT2D eigenvalue weighted by atomic mass is 79.9. The van der Waals surface area contributed by atoms with Gasteiger partial charge in [0.1, 0.15) is 17.3 Å². The lowest BCUT2D eigenvalue weighted by Gasteiger charge is -2.03. The van der Waals surface area contributed by atoms with Gasteiger partial charge in [-0.3, -0.25) is 0 Å². The van der Waals surface area contributed by atoms with Crippen molar-refractivity contribution in [2.24, 2.45) is 0 Å². The molecule has 0 saturated heterocycles. The Morgan fingerprint density at radius 1 is 1.53 bits per heavy atom.